The van der Waals surface area contributed by atoms with E-state index in [-0.39, 0.29) is 0 Å². The number of nitrogens with zero attached hydrogens (tertiary/aromatic N) is 1. The maximum Gasteiger partial charge on any atom is 0.0659 e. The third kappa shape index (κ3) is 0.641. The van der Waals surface area contributed by atoms with Gasteiger partial charge in [0.15, 0.2) is 0 Å². The van der Waals surface area contributed by atoms with Crippen molar-refractivity contribution in [3.05, 3.63) is 12.2 Å². The first-order valence-electron chi connectivity index (χ1n) is 4.98. The SMILES string of the molecule is N#CC1CCC2C3C=CC(C3)C12. The highest BCUT2D eigenvalue weighted by Crippen LogP contribution is 2.57. The van der Waals surface area contributed by atoms with E-state index in [2.05, 4.69) is 18.2 Å². The fraction of sp³-hybridized carbons (Fsp3) is 0.727. The van der Waals surface area contributed by atoms with Crippen molar-refractivity contribution in [2.45, 2.75) is 19.3 Å². The maximum absolute atomic E-state index is 8.97. The lowest BCUT2D eigenvalue weighted by Gasteiger charge is -2.21. The molecule has 2 saturated carbocycles. The monoisotopic (exact) mass is 159 g/mol. The Morgan fingerprint density at radius 2 is 2.00 bits per heavy atom. The molecule has 0 saturated heterocycles. The molecular weight excluding hydrogens is 146 g/mol. The summed E-state index contributed by atoms with van der Waals surface area (Å²) in [6, 6.07) is 2.49. The molecule has 0 aliphatic heterocycles. The van der Waals surface area contributed by atoms with Crippen molar-refractivity contribution in [2.75, 3.05) is 0 Å². The Labute approximate surface area is 73.1 Å². The predicted octanol–water partition coefficient (Wildman–Crippen LogP) is 2.36. The molecule has 0 radical (unpaired) electrons. The second kappa shape index (κ2) is 2.13. The molecule has 3 aliphatic rings. The fourth-order valence-electron chi connectivity index (χ4n) is 3.68. The second-order valence-electron chi connectivity index (χ2n) is 4.50. The first kappa shape index (κ1) is 6.71. The van der Waals surface area contributed by atoms with Gasteiger partial charge in [-0.15, -0.1) is 0 Å². The number of nitriles is 1. The van der Waals surface area contributed by atoms with Crippen LogP contribution in [0.1, 0.15) is 19.3 Å². The van der Waals surface area contributed by atoms with Crippen LogP contribution in [-0.2, 0) is 0 Å². The molecule has 3 aliphatic carbocycles. The lowest BCUT2D eigenvalue weighted by Crippen LogP contribution is -2.18. The predicted molar refractivity (Wildman–Crippen MR) is 46.1 cm³/mol. The van der Waals surface area contributed by atoms with Gasteiger partial charge in [0.05, 0.1) is 6.07 Å². The Morgan fingerprint density at radius 1 is 1.17 bits per heavy atom. The summed E-state index contributed by atoms with van der Waals surface area (Å²) < 4.78 is 0. The number of hydrogen-bond donors (Lipinski definition) is 0. The van der Waals surface area contributed by atoms with Gasteiger partial charge in [-0.2, -0.15) is 5.26 Å². The third-order valence-corrected chi connectivity index (χ3v) is 4.13. The minimum atomic E-state index is 0.384. The van der Waals surface area contributed by atoms with E-state index in [1.165, 1.54) is 19.3 Å². The number of fused-ring (bicyclic) bond motifs is 5. The second-order valence-corrected chi connectivity index (χ2v) is 4.50. The van der Waals surface area contributed by atoms with Crippen LogP contribution in [0.2, 0.25) is 0 Å². The van der Waals surface area contributed by atoms with E-state index in [0.29, 0.717) is 5.92 Å². The summed E-state index contributed by atoms with van der Waals surface area (Å²) in [6.07, 6.45) is 8.59. The molecule has 0 N–H and O–H groups in total. The van der Waals surface area contributed by atoms with E-state index < -0.39 is 0 Å². The molecule has 0 aromatic rings. The van der Waals surface area contributed by atoms with Gasteiger partial charge in [0.2, 0.25) is 0 Å². The van der Waals surface area contributed by atoms with E-state index in [0.717, 1.165) is 23.7 Å². The molecule has 0 aromatic carbocycles. The Morgan fingerprint density at radius 3 is 2.83 bits per heavy atom. The van der Waals surface area contributed by atoms with Crippen molar-refractivity contribution in [1.29, 1.82) is 5.26 Å². The number of allylic oxidation sites excluding steroid dienone is 2. The van der Waals surface area contributed by atoms with Gasteiger partial charge in [-0.3, -0.25) is 0 Å². The molecule has 0 spiro atoms. The van der Waals surface area contributed by atoms with Crippen molar-refractivity contribution >= 4 is 0 Å². The van der Waals surface area contributed by atoms with Crippen LogP contribution >= 0.6 is 0 Å². The highest BCUT2D eigenvalue weighted by atomic mass is 14.5. The molecule has 2 bridgehead atoms. The van der Waals surface area contributed by atoms with E-state index in [1.54, 1.807) is 0 Å². The van der Waals surface area contributed by atoms with Gasteiger partial charge in [0.25, 0.3) is 0 Å². The molecule has 0 aromatic heterocycles. The lowest BCUT2D eigenvalue weighted by atomic mass is 9.82. The van der Waals surface area contributed by atoms with Crippen LogP contribution in [-0.4, -0.2) is 0 Å². The van der Waals surface area contributed by atoms with Gasteiger partial charge in [-0.1, -0.05) is 12.2 Å². The summed E-state index contributed by atoms with van der Waals surface area (Å²) in [7, 11) is 0. The Kier molecular flexibility index (Phi) is 1.19. The van der Waals surface area contributed by atoms with Crippen LogP contribution in [0.5, 0.6) is 0 Å². The van der Waals surface area contributed by atoms with Crippen LogP contribution in [0.25, 0.3) is 0 Å². The van der Waals surface area contributed by atoms with Crippen molar-refractivity contribution < 1.29 is 0 Å². The largest absolute Gasteiger partial charge is 0.198 e. The molecule has 62 valence electrons. The lowest BCUT2D eigenvalue weighted by molar-refractivity contribution is 0.329. The quantitative estimate of drug-likeness (QED) is 0.498. The van der Waals surface area contributed by atoms with Gasteiger partial charge in [-0.25, -0.2) is 0 Å². The van der Waals surface area contributed by atoms with E-state index in [9.17, 15) is 0 Å². The standard InChI is InChI=1S/C11H13N/c12-6-9-3-4-10-7-1-2-8(5-7)11(9)10/h1-2,7-11H,3-5H2. The van der Waals surface area contributed by atoms with Crippen LogP contribution in [0.4, 0.5) is 0 Å². The summed E-state index contributed by atoms with van der Waals surface area (Å²) in [5.41, 5.74) is 0. The molecule has 2 fully saturated rings. The summed E-state index contributed by atoms with van der Waals surface area (Å²) >= 11 is 0. The van der Waals surface area contributed by atoms with Gasteiger partial charge >= 0.3 is 0 Å². The van der Waals surface area contributed by atoms with Gasteiger partial charge < -0.3 is 0 Å². The first-order valence-corrected chi connectivity index (χ1v) is 4.98. The van der Waals surface area contributed by atoms with Crippen molar-refractivity contribution in [1.82, 2.24) is 0 Å². The maximum atomic E-state index is 8.97. The van der Waals surface area contributed by atoms with Gasteiger partial charge in [0.1, 0.15) is 0 Å². The van der Waals surface area contributed by atoms with Crippen LogP contribution in [0.15, 0.2) is 12.2 Å². The minimum absolute atomic E-state index is 0.384. The Hall–Kier alpha value is -0.770. The zero-order valence-electron chi connectivity index (χ0n) is 7.11. The molecule has 1 heteroatoms. The molecule has 5 unspecified atom stereocenters. The Balaban J connectivity index is 1.95. The average Bonchev–Trinajstić information content (AvgIpc) is 2.76. The van der Waals surface area contributed by atoms with Crippen LogP contribution in [0, 0.1) is 40.9 Å². The third-order valence-electron chi connectivity index (χ3n) is 4.13. The summed E-state index contributed by atoms with van der Waals surface area (Å²) in [5.74, 6) is 3.62. The Bertz CT molecular complexity index is 273. The molecule has 3 rings (SSSR count). The van der Waals surface area contributed by atoms with Crippen LogP contribution in [0.3, 0.4) is 0 Å². The topological polar surface area (TPSA) is 23.8 Å². The fourth-order valence-corrected chi connectivity index (χ4v) is 3.68. The molecule has 0 heterocycles. The molecule has 1 nitrogen and oxygen atoms in total. The molecular formula is C11H13N. The normalized spacial score (nSPS) is 54.1. The van der Waals surface area contributed by atoms with Gasteiger partial charge in [-0.05, 0) is 42.9 Å². The first-order chi connectivity index (χ1) is 5.90. The summed E-state index contributed by atoms with van der Waals surface area (Å²) in [4.78, 5) is 0. The van der Waals surface area contributed by atoms with E-state index in [4.69, 9.17) is 5.26 Å². The van der Waals surface area contributed by atoms with Gasteiger partial charge in [0, 0.05) is 5.92 Å². The highest BCUT2D eigenvalue weighted by molar-refractivity contribution is 5.18. The zero-order valence-corrected chi connectivity index (χ0v) is 7.11. The van der Waals surface area contributed by atoms with E-state index in [1.807, 2.05) is 0 Å². The number of hydrogen-bond acceptors (Lipinski definition) is 1. The summed E-state index contributed by atoms with van der Waals surface area (Å²) in [6.45, 7) is 0. The van der Waals surface area contributed by atoms with E-state index >= 15 is 0 Å². The van der Waals surface area contributed by atoms with Crippen molar-refractivity contribution in [3.63, 3.8) is 0 Å². The van der Waals surface area contributed by atoms with Crippen molar-refractivity contribution in [2.24, 2.45) is 29.6 Å². The minimum Gasteiger partial charge on any atom is -0.198 e. The van der Waals surface area contributed by atoms with Crippen molar-refractivity contribution in [3.8, 4) is 6.07 Å². The zero-order chi connectivity index (χ0) is 8.13. The molecule has 5 atom stereocenters. The number of rotatable bonds is 0. The molecule has 0 amide bonds. The smallest absolute Gasteiger partial charge is 0.0659 e. The molecule has 12 heavy (non-hydrogen) atoms. The average molecular weight is 159 g/mol. The highest BCUT2D eigenvalue weighted by Gasteiger charge is 2.51. The van der Waals surface area contributed by atoms with Crippen LogP contribution < -0.4 is 0 Å². The summed E-state index contributed by atoms with van der Waals surface area (Å²) in [5, 5.41) is 8.97.